The average Bonchev–Trinajstić information content (AvgIpc) is 2.45. The Kier molecular flexibility index (Phi) is 5.79. The topological polar surface area (TPSA) is 17.1 Å². The van der Waals surface area contributed by atoms with Crippen LogP contribution in [0.25, 0.3) is 0 Å². The third-order valence-corrected chi connectivity index (χ3v) is 5.18. The van der Waals surface area contributed by atoms with Crippen LogP contribution in [0.4, 0.5) is 0 Å². The van der Waals surface area contributed by atoms with E-state index in [2.05, 4.69) is 24.3 Å². The zero-order valence-corrected chi connectivity index (χ0v) is 11.7. The van der Waals surface area contributed by atoms with E-state index in [-0.39, 0.29) is 5.25 Å². The SMILES string of the molecule is O=CC(CCc1ccccc1)SC1CCCCC1. The van der Waals surface area contributed by atoms with Crippen LogP contribution in [-0.4, -0.2) is 16.8 Å². The molecule has 1 fully saturated rings. The smallest absolute Gasteiger partial charge is 0.132 e. The minimum absolute atomic E-state index is 0.188. The molecule has 1 atom stereocenters. The van der Waals surface area contributed by atoms with Gasteiger partial charge in [-0.25, -0.2) is 0 Å². The number of thioether (sulfide) groups is 1. The molecule has 0 saturated heterocycles. The molecule has 1 nitrogen and oxygen atoms in total. The molecule has 0 aromatic heterocycles. The Morgan fingerprint density at radius 2 is 1.89 bits per heavy atom. The van der Waals surface area contributed by atoms with Gasteiger partial charge < -0.3 is 4.79 Å². The third kappa shape index (κ3) is 4.49. The summed E-state index contributed by atoms with van der Waals surface area (Å²) in [4.78, 5) is 11.2. The Bertz CT molecular complexity index is 343. The van der Waals surface area contributed by atoms with Gasteiger partial charge in [0.25, 0.3) is 0 Å². The minimum atomic E-state index is 0.188. The number of carbonyl (C=O) groups is 1. The summed E-state index contributed by atoms with van der Waals surface area (Å²) in [6.45, 7) is 0. The molecule has 0 aliphatic heterocycles. The fraction of sp³-hybridized carbons (Fsp3) is 0.562. The monoisotopic (exact) mass is 262 g/mol. The van der Waals surface area contributed by atoms with E-state index in [4.69, 9.17) is 0 Å². The lowest BCUT2D eigenvalue weighted by atomic mass is 10.0. The van der Waals surface area contributed by atoms with E-state index in [0.717, 1.165) is 24.4 Å². The lowest BCUT2D eigenvalue weighted by molar-refractivity contribution is -0.107. The van der Waals surface area contributed by atoms with E-state index in [0.29, 0.717) is 0 Å². The van der Waals surface area contributed by atoms with E-state index in [9.17, 15) is 4.79 Å². The zero-order valence-electron chi connectivity index (χ0n) is 10.9. The first-order valence-corrected chi connectivity index (χ1v) is 7.97. The maximum atomic E-state index is 11.2. The van der Waals surface area contributed by atoms with Crippen LogP contribution in [0.1, 0.15) is 44.1 Å². The van der Waals surface area contributed by atoms with Gasteiger partial charge in [-0.3, -0.25) is 0 Å². The van der Waals surface area contributed by atoms with Gasteiger partial charge in [-0.2, -0.15) is 0 Å². The van der Waals surface area contributed by atoms with Gasteiger partial charge in [0.2, 0.25) is 0 Å². The van der Waals surface area contributed by atoms with Crippen molar-refractivity contribution in [1.82, 2.24) is 0 Å². The predicted molar refractivity (Wildman–Crippen MR) is 79.1 cm³/mol. The lowest BCUT2D eigenvalue weighted by Gasteiger charge is -2.23. The van der Waals surface area contributed by atoms with Crippen molar-refractivity contribution >= 4 is 18.0 Å². The van der Waals surface area contributed by atoms with Crippen molar-refractivity contribution in [3.8, 4) is 0 Å². The number of benzene rings is 1. The minimum Gasteiger partial charge on any atom is -0.302 e. The normalized spacial score (nSPS) is 18.4. The number of rotatable bonds is 6. The van der Waals surface area contributed by atoms with Crippen molar-refractivity contribution in [2.24, 2.45) is 0 Å². The first kappa shape index (κ1) is 13.7. The molecule has 1 aliphatic carbocycles. The second-order valence-electron chi connectivity index (χ2n) is 5.09. The summed E-state index contributed by atoms with van der Waals surface area (Å²) in [6.07, 6.45) is 9.85. The highest BCUT2D eigenvalue weighted by Gasteiger charge is 2.18. The van der Waals surface area contributed by atoms with E-state index < -0.39 is 0 Å². The summed E-state index contributed by atoms with van der Waals surface area (Å²) < 4.78 is 0. The van der Waals surface area contributed by atoms with Crippen LogP contribution in [0.2, 0.25) is 0 Å². The van der Waals surface area contributed by atoms with Gasteiger partial charge in [0.15, 0.2) is 0 Å². The Balaban J connectivity index is 1.76. The Morgan fingerprint density at radius 1 is 1.17 bits per heavy atom. The first-order chi connectivity index (χ1) is 8.88. The Morgan fingerprint density at radius 3 is 2.56 bits per heavy atom. The summed E-state index contributed by atoms with van der Waals surface area (Å²) >= 11 is 1.92. The summed E-state index contributed by atoms with van der Waals surface area (Å²) in [7, 11) is 0. The van der Waals surface area contributed by atoms with Crippen molar-refractivity contribution in [3.63, 3.8) is 0 Å². The van der Waals surface area contributed by atoms with E-state index in [1.54, 1.807) is 0 Å². The van der Waals surface area contributed by atoms with E-state index in [1.807, 2.05) is 17.8 Å². The van der Waals surface area contributed by atoms with Crippen LogP contribution in [0.3, 0.4) is 0 Å². The molecule has 1 aromatic carbocycles. The van der Waals surface area contributed by atoms with Gasteiger partial charge in [-0.1, -0.05) is 49.6 Å². The van der Waals surface area contributed by atoms with Gasteiger partial charge in [0.1, 0.15) is 6.29 Å². The van der Waals surface area contributed by atoms with Gasteiger partial charge >= 0.3 is 0 Å². The molecule has 98 valence electrons. The van der Waals surface area contributed by atoms with Crippen LogP contribution in [-0.2, 0) is 11.2 Å². The molecule has 0 spiro atoms. The molecule has 0 bridgehead atoms. The van der Waals surface area contributed by atoms with Crippen LogP contribution >= 0.6 is 11.8 Å². The van der Waals surface area contributed by atoms with Gasteiger partial charge in [0.05, 0.1) is 5.25 Å². The number of carbonyl (C=O) groups excluding carboxylic acids is 1. The number of hydrogen-bond acceptors (Lipinski definition) is 2. The first-order valence-electron chi connectivity index (χ1n) is 7.03. The molecule has 1 aliphatic rings. The molecule has 0 amide bonds. The number of hydrogen-bond donors (Lipinski definition) is 0. The quantitative estimate of drug-likeness (QED) is 0.713. The maximum absolute atomic E-state index is 11.2. The predicted octanol–water partition coefficient (Wildman–Crippen LogP) is 4.25. The van der Waals surface area contributed by atoms with Gasteiger partial charge in [0, 0.05) is 5.25 Å². The number of aryl methyl sites for hydroxylation is 1. The van der Waals surface area contributed by atoms with E-state index >= 15 is 0 Å². The second kappa shape index (κ2) is 7.63. The largest absolute Gasteiger partial charge is 0.302 e. The van der Waals surface area contributed by atoms with Crippen molar-refractivity contribution in [1.29, 1.82) is 0 Å². The van der Waals surface area contributed by atoms with Crippen molar-refractivity contribution in [2.75, 3.05) is 0 Å². The van der Waals surface area contributed by atoms with Crippen molar-refractivity contribution in [3.05, 3.63) is 35.9 Å². The Hall–Kier alpha value is -0.760. The molecule has 1 saturated carbocycles. The average molecular weight is 262 g/mol. The van der Waals surface area contributed by atoms with Crippen LogP contribution in [0.5, 0.6) is 0 Å². The molecule has 1 unspecified atom stereocenters. The van der Waals surface area contributed by atoms with Gasteiger partial charge in [-0.05, 0) is 31.2 Å². The van der Waals surface area contributed by atoms with Crippen LogP contribution in [0, 0.1) is 0 Å². The molecule has 2 heteroatoms. The second-order valence-corrected chi connectivity index (χ2v) is 6.64. The molecule has 0 heterocycles. The maximum Gasteiger partial charge on any atom is 0.132 e. The number of aldehydes is 1. The molecule has 0 radical (unpaired) electrons. The summed E-state index contributed by atoms with van der Waals surface area (Å²) in [5.41, 5.74) is 1.34. The fourth-order valence-electron chi connectivity index (χ4n) is 2.57. The molecule has 0 N–H and O–H groups in total. The van der Waals surface area contributed by atoms with Gasteiger partial charge in [-0.15, -0.1) is 11.8 Å². The lowest BCUT2D eigenvalue weighted by Crippen LogP contribution is -2.16. The molecular formula is C16H22OS. The standard InChI is InChI=1S/C16H22OS/c17-13-16(18-15-9-5-2-6-10-15)12-11-14-7-3-1-4-8-14/h1,3-4,7-8,13,15-16H,2,5-6,9-12H2. The van der Waals surface area contributed by atoms with Crippen LogP contribution in [0.15, 0.2) is 30.3 Å². The van der Waals surface area contributed by atoms with Crippen molar-refractivity contribution in [2.45, 2.75) is 55.4 Å². The molecular weight excluding hydrogens is 240 g/mol. The van der Waals surface area contributed by atoms with Crippen molar-refractivity contribution < 1.29 is 4.79 Å². The highest BCUT2D eigenvalue weighted by molar-refractivity contribution is 8.01. The van der Waals surface area contributed by atoms with E-state index in [1.165, 1.54) is 37.7 Å². The highest BCUT2D eigenvalue weighted by atomic mass is 32.2. The molecule has 2 rings (SSSR count). The summed E-state index contributed by atoms with van der Waals surface area (Å²) in [6, 6.07) is 10.5. The fourth-order valence-corrected chi connectivity index (χ4v) is 3.99. The molecule has 1 aromatic rings. The summed E-state index contributed by atoms with van der Waals surface area (Å²) in [5, 5.41) is 0.915. The Labute approximate surface area is 114 Å². The third-order valence-electron chi connectivity index (χ3n) is 3.63. The zero-order chi connectivity index (χ0) is 12.6. The molecule has 18 heavy (non-hydrogen) atoms. The summed E-state index contributed by atoms with van der Waals surface area (Å²) in [5.74, 6) is 0. The van der Waals surface area contributed by atoms with Crippen LogP contribution < -0.4 is 0 Å². The highest BCUT2D eigenvalue weighted by Crippen LogP contribution is 2.31.